The van der Waals surface area contributed by atoms with Crippen molar-refractivity contribution in [1.82, 2.24) is 4.72 Å². The third-order valence-electron chi connectivity index (χ3n) is 2.46. The van der Waals surface area contributed by atoms with E-state index in [1.165, 1.54) is 0 Å². The van der Waals surface area contributed by atoms with Gasteiger partial charge in [-0.3, -0.25) is 0 Å². The number of nitrogens with one attached hydrogen (secondary N) is 1. The summed E-state index contributed by atoms with van der Waals surface area (Å²) in [6, 6.07) is 6.72. The molecule has 3 nitrogen and oxygen atoms in total. The molecule has 0 aliphatic carbocycles. The molecule has 0 saturated heterocycles. The Kier molecular flexibility index (Phi) is 7.44. The van der Waals surface area contributed by atoms with Gasteiger partial charge in [0, 0.05) is 16.3 Å². The minimum absolute atomic E-state index is 0.303. The summed E-state index contributed by atoms with van der Waals surface area (Å²) in [5, 5.41) is 1.01. The molecule has 0 radical (unpaired) electrons. The normalized spacial score (nSPS) is 11.7. The molecule has 0 atom stereocenters. The monoisotopic (exact) mass is 397 g/mol. The van der Waals surface area contributed by atoms with Crippen LogP contribution >= 0.6 is 31.9 Å². The Morgan fingerprint density at radius 1 is 1.11 bits per heavy atom. The van der Waals surface area contributed by atoms with Crippen molar-refractivity contribution in [1.29, 1.82) is 0 Å². The number of halogens is 2. The molecule has 0 spiro atoms. The van der Waals surface area contributed by atoms with Gasteiger partial charge in [-0.25, -0.2) is 13.1 Å². The SMILES string of the molecule is O=S(=O)(NCCCCCCBr)c1cccc(Br)c1. The van der Waals surface area contributed by atoms with Crippen LogP contribution in [-0.2, 0) is 10.0 Å². The molecule has 0 saturated carbocycles. The lowest BCUT2D eigenvalue weighted by atomic mass is 10.2. The van der Waals surface area contributed by atoms with Crippen LogP contribution in [0.25, 0.3) is 0 Å². The van der Waals surface area contributed by atoms with Crippen LogP contribution in [0, 0.1) is 0 Å². The number of hydrogen-bond donors (Lipinski definition) is 1. The molecule has 0 aromatic heterocycles. The fourth-order valence-electron chi connectivity index (χ4n) is 1.50. The summed E-state index contributed by atoms with van der Waals surface area (Å²) in [7, 11) is -3.36. The fraction of sp³-hybridized carbons (Fsp3) is 0.500. The van der Waals surface area contributed by atoms with Crippen molar-refractivity contribution in [3.05, 3.63) is 28.7 Å². The van der Waals surface area contributed by atoms with Crippen LogP contribution < -0.4 is 4.72 Å². The van der Waals surface area contributed by atoms with Crippen molar-refractivity contribution in [2.24, 2.45) is 0 Å². The van der Waals surface area contributed by atoms with E-state index in [-0.39, 0.29) is 0 Å². The van der Waals surface area contributed by atoms with E-state index in [0.717, 1.165) is 35.5 Å². The molecular formula is C12H17Br2NO2S. The second kappa shape index (κ2) is 8.30. The molecular weight excluding hydrogens is 382 g/mol. The summed E-state index contributed by atoms with van der Waals surface area (Å²) in [6.07, 6.45) is 4.19. The van der Waals surface area contributed by atoms with Gasteiger partial charge in [0.1, 0.15) is 0 Å². The van der Waals surface area contributed by atoms with E-state index in [1.54, 1.807) is 24.3 Å². The maximum Gasteiger partial charge on any atom is 0.240 e. The van der Waals surface area contributed by atoms with Gasteiger partial charge in [0.25, 0.3) is 0 Å². The van der Waals surface area contributed by atoms with Crippen molar-refractivity contribution in [3.8, 4) is 0 Å². The third kappa shape index (κ3) is 5.82. The molecule has 1 aromatic carbocycles. The van der Waals surface area contributed by atoms with Crippen molar-refractivity contribution < 1.29 is 8.42 Å². The first kappa shape index (κ1) is 16.1. The van der Waals surface area contributed by atoms with Crippen molar-refractivity contribution in [2.45, 2.75) is 30.6 Å². The number of rotatable bonds is 8. The number of benzene rings is 1. The molecule has 0 aliphatic rings. The summed E-state index contributed by atoms with van der Waals surface area (Å²) in [4.78, 5) is 0.303. The number of hydrogen-bond acceptors (Lipinski definition) is 2. The summed E-state index contributed by atoms with van der Waals surface area (Å²) in [5.74, 6) is 0. The van der Waals surface area contributed by atoms with Gasteiger partial charge in [-0.2, -0.15) is 0 Å². The summed E-state index contributed by atoms with van der Waals surface area (Å²) in [6.45, 7) is 0.497. The number of alkyl halides is 1. The molecule has 102 valence electrons. The Labute approximate surface area is 126 Å². The van der Waals surface area contributed by atoms with E-state index < -0.39 is 10.0 Å². The van der Waals surface area contributed by atoms with Crippen molar-refractivity contribution in [2.75, 3.05) is 11.9 Å². The predicted octanol–water partition coefficient (Wildman–Crippen LogP) is 3.68. The highest BCUT2D eigenvalue weighted by Gasteiger charge is 2.12. The van der Waals surface area contributed by atoms with Crippen molar-refractivity contribution in [3.63, 3.8) is 0 Å². The predicted molar refractivity (Wildman–Crippen MR) is 81.6 cm³/mol. The topological polar surface area (TPSA) is 46.2 Å². The van der Waals surface area contributed by atoms with Crippen LogP contribution in [0.2, 0.25) is 0 Å². The first-order chi connectivity index (χ1) is 8.56. The molecule has 0 unspecified atom stereocenters. The van der Waals surface area contributed by atoms with Gasteiger partial charge in [0.15, 0.2) is 0 Å². The second-order valence-corrected chi connectivity index (χ2v) is 7.43. The van der Waals surface area contributed by atoms with Gasteiger partial charge >= 0.3 is 0 Å². The minimum Gasteiger partial charge on any atom is -0.211 e. The molecule has 0 bridgehead atoms. The average molecular weight is 399 g/mol. The summed E-state index contributed by atoms with van der Waals surface area (Å²) < 4.78 is 27.3. The van der Waals surface area contributed by atoms with E-state index >= 15 is 0 Å². The molecule has 0 fully saturated rings. The fourth-order valence-corrected chi connectivity index (χ4v) is 3.56. The lowest BCUT2D eigenvalue weighted by molar-refractivity contribution is 0.574. The average Bonchev–Trinajstić information content (AvgIpc) is 2.33. The van der Waals surface area contributed by atoms with Gasteiger partial charge in [-0.15, -0.1) is 0 Å². The molecule has 1 N–H and O–H groups in total. The molecule has 6 heteroatoms. The zero-order valence-corrected chi connectivity index (χ0v) is 14.0. The van der Waals surface area contributed by atoms with E-state index in [0.29, 0.717) is 11.4 Å². The molecule has 18 heavy (non-hydrogen) atoms. The van der Waals surface area contributed by atoms with Gasteiger partial charge < -0.3 is 0 Å². The molecule has 0 aliphatic heterocycles. The Morgan fingerprint density at radius 2 is 1.83 bits per heavy atom. The van der Waals surface area contributed by atoms with Gasteiger partial charge in [0.2, 0.25) is 10.0 Å². The highest BCUT2D eigenvalue weighted by Crippen LogP contribution is 2.15. The first-order valence-corrected chi connectivity index (χ1v) is 9.27. The quantitative estimate of drug-likeness (QED) is 0.536. The molecule has 0 amide bonds. The largest absolute Gasteiger partial charge is 0.240 e. The second-order valence-electron chi connectivity index (χ2n) is 3.96. The standard InChI is InChI=1S/C12H17Br2NO2S/c13-8-3-1-2-4-9-15-18(16,17)12-7-5-6-11(14)10-12/h5-7,10,15H,1-4,8-9H2. The zero-order valence-electron chi connectivity index (χ0n) is 10.0. The summed E-state index contributed by atoms with van der Waals surface area (Å²) >= 11 is 6.64. The first-order valence-electron chi connectivity index (χ1n) is 5.87. The van der Waals surface area contributed by atoms with Gasteiger partial charge in [-0.05, 0) is 31.0 Å². The lowest BCUT2D eigenvalue weighted by Crippen LogP contribution is -2.24. The van der Waals surface area contributed by atoms with E-state index in [9.17, 15) is 8.42 Å². The third-order valence-corrected chi connectivity index (χ3v) is 4.97. The maximum absolute atomic E-state index is 11.9. The Bertz CT molecular complexity index is 463. The van der Waals surface area contributed by atoms with E-state index in [1.807, 2.05) is 0 Å². The Hall–Kier alpha value is 0.0900. The van der Waals surface area contributed by atoms with Crippen molar-refractivity contribution >= 4 is 41.9 Å². The van der Waals surface area contributed by atoms with E-state index in [4.69, 9.17) is 0 Å². The smallest absolute Gasteiger partial charge is 0.211 e. The van der Waals surface area contributed by atoms with Gasteiger partial charge in [0.05, 0.1) is 4.90 Å². The van der Waals surface area contributed by atoms with Crippen LogP contribution in [-0.4, -0.2) is 20.3 Å². The Morgan fingerprint density at radius 3 is 2.50 bits per heavy atom. The molecule has 0 heterocycles. The van der Waals surface area contributed by atoms with Crippen LogP contribution in [0.4, 0.5) is 0 Å². The summed E-state index contributed by atoms with van der Waals surface area (Å²) in [5.41, 5.74) is 0. The Balaban J connectivity index is 2.41. The maximum atomic E-state index is 11.9. The van der Waals surface area contributed by atoms with Gasteiger partial charge in [-0.1, -0.05) is 50.8 Å². The zero-order chi connectivity index (χ0) is 13.4. The van der Waals surface area contributed by atoms with E-state index in [2.05, 4.69) is 36.6 Å². The molecule has 1 aromatic rings. The minimum atomic E-state index is -3.36. The van der Waals surface area contributed by atoms with Crippen LogP contribution in [0.3, 0.4) is 0 Å². The highest BCUT2D eigenvalue weighted by atomic mass is 79.9. The number of sulfonamides is 1. The van der Waals surface area contributed by atoms with Crippen LogP contribution in [0.1, 0.15) is 25.7 Å². The molecule has 1 rings (SSSR count). The number of unbranched alkanes of at least 4 members (excludes halogenated alkanes) is 3. The lowest BCUT2D eigenvalue weighted by Gasteiger charge is -2.06. The van der Waals surface area contributed by atoms with Crippen LogP contribution in [0.5, 0.6) is 0 Å². The van der Waals surface area contributed by atoms with Crippen LogP contribution in [0.15, 0.2) is 33.6 Å². The highest BCUT2D eigenvalue weighted by molar-refractivity contribution is 9.10.